The van der Waals surface area contributed by atoms with E-state index < -0.39 is 0 Å². The first-order chi connectivity index (χ1) is 8.96. The zero-order valence-corrected chi connectivity index (χ0v) is 13.5. The van der Waals surface area contributed by atoms with Gasteiger partial charge in [0.25, 0.3) is 0 Å². The number of amidine groups is 1. The van der Waals surface area contributed by atoms with Gasteiger partial charge in [-0.25, -0.2) is 9.79 Å². The Morgan fingerprint density at radius 2 is 2.11 bits per heavy atom. The van der Waals surface area contributed by atoms with Crippen molar-refractivity contribution in [3.8, 4) is 0 Å². The SMILES string of the molecule is CCC1(CC)CSC(=NC(CC(C)C)C(=O)OC)N1. The van der Waals surface area contributed by atoms with Gasteiger partial charge in [0.1, 0.15) is 0 Å². The Kier molecular flexibility index (Phi) is 6.17. The molecule has 1 aliphatic heterocycles. The first kappa shape index (κ1) is 16.3. The van der Waals surface area contributed by atoms with Crippen LogP contribution in [0, 0.1) is 5.92 Å². The van der Waals surface area contributed by atoms with Gasteiger partial charge in [0.2, 0.25) is 0 Å². The molecule has 0 radical (unpaired) electrons. The summed E-state index contributed by atoms with van der Waals surface area (Å²) in [5.74, 6) is 1.20. The third kappa shape index (κ3) is 4.41. The first-order valence-corrected chi connectivity index (χ1v) is 8.01. The molecule has 0 amide bonds. The molecule has 0 aliphatic carbocycles. The Morgan fingerprint density at radius 1 is 1.47 bits per heavy atom. The molecule has 0 aromatic rings. The fraction of sp³-hybridized carbons (Fsp3) is 0.857. The zero-order chi connectivity index (χ0) is 14.5. The van der Waals surface area contributed by atoms with Gasteiger partial charge in [0, 0.05) is 11.3 Å². The molecule has 0 aromatic heterocycles. The number of rotatable bonds is 6. The Morgan fingerprint density at radius 3 is 2.53 bits per heavy atom. The zero-order valence-electron chi connectivity index (χ0n) is 12.7. The van der Waals surface area contributed by atoms with Gasteiger partial charge in [-0.2, -0.15) is 0 Å². The van der Waals surface area contributed by atoms with Crippen LogP contribution in [0.5, 0.6) is 0 Å². The molecule has 0 aromatic carbocycles. The van der Waals surface area contributed by atoms with E-state index in [1.165, 1.54) is 7.11 Å². The van der Waals surface area contributed by atoms with Crippen LogP contribution in [0.3, 0.4) is 0 Å². The predicted octanol–water partition coefficient (Wildman–Crippen LogP) is 2.83. The number of hydrogen-bond acceptors (Lipinski definition) is 4. The Hall–Kier alpha value is -0.710. The van der Waals surface area contributed by atoms with Crippen LogP contribution >= 0.6 is 11.8 Å². The van der Waals surface area contributed by atoms with Crippen LogP contribution in [0.25, 0.3) is 0 Å². The smallest absolute Gasteiger partial charge is 0.330 e. The summed E-state index contributed by atoms with van der Waals surface area (Å²) in [6, 6.07) is -0.385. The van der Waals surface area contributed by atoms with Crippen molar-refractivity contribution in [3.05, 3.63) is 0 Å². The van der Waals surface area contributed by atoms with E-state index in [1.807, 2.05) is 0 Å². The minimum Gasteiger partial charge on any atom is -0.467 e. The van der Waals surface area contributed by atoms with Gasteiger partial charge >= 0.3 is 5.97 Å². The molecule has 0 bridgehead atoms. The molecule has 1 unspecified atom stereocenters. The summed E-state index contributed by atoms with van der Waals surface area (Å²) in [6.45, 7) is 8.55. The van der Waals surface area contributed by atoms with E-state index in [-0.39, 0.29) is 17.6 Å². The maximum atomic E-state index is 11.8. The number of esters is 1. The molecular formula is C14H26N2O2S. The summed E-state index contributed by atoms with van der Waals surface area (Å²) in [7, 11) is 1.42. The lowest BCUT2D eigenvalue weighted by Crippen LogP contribution is -2.42. The Labute approximate surface area is 120 Å². The van der Waals surface area contributed by atoms with Crippen LogP contribution in [-0.4, -0.2) is 35.6 Å². The summed E-state index contributed by atoms with van der Waals surface area (Å²) >= 11 is 1.71. The minimum atomic E-state index is -0.385. The average Bonchev–Trinajstić information content (AvgIpc) is 2.80. The number of carbonyl (C=O) groups is 1. The second-order valence-corrected chi connectivity index (χ2v) is 6.47. The molecule has 1 aliphatic rings. The standard InChI is InChI=1S/C14H26N2O2S/c1-6-14(7-2)9-19-13(16-14)15-11(8-10(3)4)12(17)18-5/h10-11H,6-9H2,1-5H3,(H,15,16). The topological polar surface area (TPSA) is 50.7 Å². The van der Waals surface area contributed by atoms with Crippen LogP contribution < -0.4 is 5.32 Å². The molecule has 4 nitrogen and oxygen atoms in total. The van der Waals surface area contributed by atoms with Gasteiger partial charge in [-0.3, -0.25) is 0 Å². The van der Waals surface area contributed by atoms with E-state index >= 15 is 0 Å². The largest absolute Gasteiger partial charge is 0.467 e. The maximum absolute atomic E-state index is 11.8. The average molecular weight is 286 g/mol. The van der Waals surface area contributed by atoms with E-state index in [0.717, 1.165) is 30.2 Å². The first-order valence-electron chi connectivity index (χ1n) is 7.03. The molecule has 1 atom stereocenters. The second-order valence-electron chi connectivity index (χ2n) is 5.50. The van der Waals surface area contributed by atoms with E-state index in [0.29, 0.717) is 5.92 Å². The third-order valence-corrected chi connectivity index (χ3v) is 4.83. The van der Waals surface area contributed by atoms with Gasteiger partial charge < -0.3 is 10.1 Å². The number of nitrogens with one attached hydrogen (secondary N) is 1. The van der Waals surface area contributed by atoms with E-state index in [2.05, 4.69) is 38.0 Å². The quantitative estimate of drug-likeness (QED) is 0.763. The highest BCUT2D eigenvalue weighted by molar-refractivity contribution is 8.14. The van der Waals surface area contributed by atoms with Crippen LogP contribution in [0.15, 0.2) is 4.99 Å². The summed E-state index contributed by atoms with van der Waals surface area (Å²) in [4.78, 5) is 16.3. The highest BCUT2D eigenvalue weighted by Gasteiger charge is 2.34. The molecule has 1 heterocycles. The number of ether oxygens (including phenoxy) is 1. The molecule has 1 N–H and O–H groups in total. The summed E-state index contributed by atoms with van der Waals surface area (Å²) in [5.41, 5.74) is 0.141. The summed E-state index contributed by atoms with van der Waals surface area (Å²) in [6.07, 6.45) is 2.87. The Balaban J connectivity index is 2.78. The maximum Gasteiger partial charge on any atom is 0.330 e. The van der Waals surface area contributed by atoms with Gasteiger partial charge in [-0.1, -0.05) is 39.5 Å². The van der Waals surface area contributed by atoms with Gasteiger partial charge in [-0.15, -0.1) is 0 Å². The van der Waals surface area contributed by atoms with Crippen molar-refractivity contribution in [2.24, 2.45) is 10.9 Å². The predicted molar refractivity (Wildman–Crippen MR) is 81.6 cm³/mol. The molecule has 1 rings (SSSR count). The number of nitrogens with zero attached hydrogens (tertiary/aromatic N) is 1. The van der Waals surface area contributed by atoms with Crippen molar-refractivity contribution in [1.82, 2.24) is 5.32 Å². The summed E-state index contributed by atoms with van der Waals surface area (Å²) in [5, 5.41) is 4.38. The lowest BCUT2D eigenvalue weighted by atomic mass is 9.96. The van der Waals surface area contributed by atoms with Crippen molar-refractivity contribution < 1.29 is 9.53 Å². The lowest BCUT2D eigenvalue weighted by molar-refractivity contribution is -0.142. The number of carbonyl (C=O) groups excluding carboxylic acids is 1. The van der Waals surface area contributed by atoms with Crippen LogP contribution in [0.1, 0.15) is 47.0 Å². The Bertz CT molecular complexity index is 338. The van der Waals surface area contributed by atoms with Gasteiger partial charge in [0.05, 0.1) is 7.11 Å². The highest BCUT2D eigenvalue weighted by Crippen LogP contribution is 2.29. The van der Waals surface area contributed by atoms with Crippen LogP contribution in [0.2, 0.25) is 0 Å². The third-order valence-electron chi connectivity index (χ3n) is 3.65. The van der Waals surface area contributed by atoms with Crippen LogP contribution in [0.4, 0.5) is 0 Å². The molecule has 1 saturated heterocycles. The normalized spacial score (nSPS) is 21.5. The van der Waals surface area contributed by atoms with Crippen LogP contribution in [-0.2, 0) is 9.53 Å². The summed E-state index contributed by atoms with van der Waals surface area (Å²) < 4.78 is 4.85. The molecule has 0 spiro atoms. The van der Waals surface area contributed by atoms with Crippen molar-refractivity contribution >= 4 is 22.9 Å². The molecule has 110 valence electrons. The van der Waals surface area contributed by atoms with E-state index in [9.17, 15) is 4.79 Å². The van der Waals surface area contributed by atoms with E-state index in [1.54, 1.807) is 11.8 Å². The molecule has 5 heteroatoms. The number of methoxy groups -OCH3 is 1. The van der Waals surface area contributed by atoms with E-state index in [4.69, 9.17) is 4.74 Å². The van der Waals surface area contributed by atoms with Crippen molar-refractivity contribution in [1.29, 1.82) is 0 Å². The fourth-order valence-corrected chi connectivity index (χ4v) is 3.52. The van der Waals surface area contributed by atoms with Crippen molar-refractivity contribution in [2.75, 3.05) is 12.9 Å². The number of aliphatic imine (C=N–C) groups is 1. The molecule has 1 fully saturated rings. The lowest BCUT2D eigenvalue weighted by Gasteiger charge is -2.25. The van der Waals surface area contributed by atoms with Gasteiger partial charge in [0.15, 0.2) is 11.2 Å². The number of hydrogen-bond donors (Lipinski definition) is 1. The molecule has 0 saturated carbocycles. The minimum absolute atomic E-state index is 0.141. The molecule has 19 heavy (non-hydrogen) atoms. The van der Waals surface area contributed by atoms with Crippen molar-refractivity contribution in [3.63, 3.8) is 0 Å². The second kappa shape index (κ2) is 7.17. The number of thioether (sulfide) groups is 1. The fourth-order valence-electron chi connectivity index (χ4n) is 2.13. The van der Waals surface area contributed by atoms with Gasteiger partial charge in [-0.05, 0) is 25.2 Å². The van der Waals surface area contributed by atoms with Crippen molar-refractivity contribution in [2.45, 2.75) is 58.5 Å². The highest BCUT2D eigenvalue weighted by atomic mass is 32.2. The monoisotopic (exact) mass is 286 g/mol. The molecular weight excluding hydrogens is 260 g/mol.